The minimum atomic E-state index is -0.504. The summed E-state index contributed by atoms with van der Waals surface area (Å²) in [6.07, 6.45) is 7.91. The summed E-state index contributed by atoms with van der Waals surface area (Å²) in [6, 6.07) is 10.3. The second-order valence-corrected chi connectivity index (χ2v) is 10.3. The van der Waals surface area contributed by atoms with Crippen molar-refractivity contribution in [3.8, 4) is 11.5 Å². The van der Waals surface area contributed by atoms with Crippen molar-refractivity contribution in [3.05, 3.63) is 79.3 Å². The monoisotopic (exact) mass is 551 g/mol. The Balaban J connectivity index is 1.15. The van der Waals surface area contributed by atoms with Gasteiger partial charge in [-0.25, -0.2) is 28.8 Å². The van der Waals surface area contributed by atoms with E-state index >= 15 is 4.39 Å². The number of piperazine rings is 1. The molecule has 1 N–H and O–H groups in total. The number of nitrogens with one attached hydrogen (secondary N) is 1. The fourth-order valence-electron chi connectivity index (χ4n) is 5.38. The molecule has 1 saturated heterocycles. The minimum absolute atomic E-state index is 0.0290. The molecule has 2 fully saturated rings. The van der Waals surface area contributed by atoms with Crippen LogP contribution >= 0.6 is 0 Å². The van der Waals surface area contributed by atoms with Crippen molar-refractivity contribution in [2.24, 2.45) is 0 Å². The van der Waals surface area contributed by atoms with Gasteiger partial charge in [0.05, 0.1) is 16.7 Å². The van der Waals surface area contributed by atoms with E-state index in [4.69, 9.17) is 9.72 Å². The number of rotatable bonds is 6. The second kappa shape index (κ2) is 9.51. The van der Waals surface area contributed by atoms with E-state index in [9.17, 15) is 4.79 Å². The number of carbonyl (C=O) groups excluding carboxylic acids is 1. The Labute approximate surface area is 234 Å². The van der Waals surface area contributed by atoms with Gasteiger partial charge in [0.15, 0.2) is 11.5 Å². The normalized spacial score (nSPS) is 15.9. The largest absolute Gasteiger partial charge is 0.457 e. The lowest BCUT2D eigenvalue weighted by Gasteiger charge is -2.42. The predicted octanol–water partition coefficient (Wildman–Crippen LogP) is 4.42. The third kappa shape index (κ3) is 4.46. The summed E-state index contributed by atoms with van der Waals surface area (Å²) in [5.41, 5.74) is 2.58. The molecule has 5 heterocycles. The molecule has 41 heavy (non-hydrogen) atoms. The maximum Gasteiger partial charge on any atom is 0.246 e. The van der Waals surface area contributed by atoms with Gasteiger partial charge in [0.25, 0.3) is 0 Å². The van der Waals surface area contributed by atoms with Crippen molar-refractivity contribution in [1.82, 2.24) is 34.4 Å². The lowest BCUT2D eigenvalue weighted by molar-refractivity contribution is -0.129. The van der Waals surface area contributed by atoms with Crippen LogP contribution in [0.15, 0.2) is 67.9 Å². The zero-order chi connectivity index (χ0) is 28.1. The zero-order valence-electron chi connectivity index (χ0n) is 22.3. The number of anilines is 3. The number of nitrogens with zero attached hydrogens (tertiary/aromatic N) is 8. The molecule has 1 aliphatic heterocycles. The Hall–Kier alpha value is -5.13. The molecule has 1 spiro atoms. The number of pyridine rings is 2. The predicted molar refractivity (Wildman–Crippen MR) is 151 cm³/mol. The molecule has 12 heteroatoms. The topological polar surface area (TPSA) is 114 Å². The summed E-state index contributed by atoms with van der Waals surface area (Å²) in [7, 11) is 0. The molecule has 1 aromatic carbocycles. The quantitative estimate of drug-likeness (QED) is 0.306. The summed E-state index contributed by atoms with van der Waals surface area (Å²) in [5, 5.41) is 7.18. The van der Waals surface area contributed by atoms with Gasteiger partial charge in [-0.15, -0.1) is 0 Å². The zero-order valence-corrected chi connectivity index (χ0v) is 22.3. The maximum absolute atomic E-state index is 15.3. The van der Waals surface area contributed by atoms with Crippen molar-refractivity contribution in [3.63, 3.8) is 0 Å². The third-order valence-electron chi connectivity index (χ3n) is 7.71. The maximum atomic E-state index is 15.3. The third-order valence-corrected chi connectivity index (χ3v) is 7.71. The first-order valence-electron chi connectivity index (χ1n) is 13.3. The smallest absolute Gasteiger partial charge is 0.246 e. The van der Waals surface area contributed by atoms with E-state index in [-0.39, 0.29) is 17.1 Å². The molecule has 11 nitrogen and oxygen atoms in total. The highest BCUT2D eigenvalue weighted by atomic mass is 19.1. The average molecular weight is 552 g/mol. The minimum Gasteiger partial charge on any atom is -0.457 e. The first kappa shape index (κ1) is 24.9. The molecule has 0 radical (unpaired) electrons. The summed E-state index contributed by atoms with van der Waals surface area (Å²) in [5.74, 6) is 1.53. The fourth-order valence-corrected chi connectivity index (χ4v) is 5.38. The van der Waals surface area contributed by atoms with Crippen LogP contribution in [-0.2, 0) is 4.79 Å². The van der Waals surface area contributed by atoms with Crippen molar-refractivity contribution >= 4 is 39.9 Å². The Bertz CT molecular complexity index is 1830. The highest BCUT2D eigenvalue weighted by molar-refractivity contribution is 5.89. The van der Waals surface area contributed by atoms with Gasteiger partial charge in [-0.1, -0.05) is 6.58 Å². The number of benzene rings is 1. The van der Waals surface area contributed by atoms with Gasteiger partial charge in [0.1, 0.15) is 41.3 Å². The first-order chi connectivity index (χ1) is 19.9. The van der Waals surface area contributed by atoms with Crippen LogP contribution in [0.5, 0.6) is 11.5 Å². The molecule has 5 aromatic rings. The van der Waals surface area contributed by atoms with E-state index in [1.807, 2.05) is 24.0 Å². The molecular weight excluding hydrogens is 525 g/mol. The van der Waals surface area contributed by atoms with Crippen LogP contribution in [0.4, 0.5) is 21.7 Å². The standard InChI is InChI=1S/C29H26FN9O2/c1-3-26(40)38-11-10-37(15-29(38)7-8-29)24-5-4-21-27(36-24)28(33-16-31-21)35-22-12-18(2)23(14-20(22)30)41-19-6-9-39-25(13-19)32-17-34-39/h3-6,9,12-14,16-17H,1,7-8,10-11,15H2,2H3,(H,31,33,35). The van der Waals surface area contributed by atoms with E-state index in [1.165, 1.54) is 24.8 Å². The Morgan fingerprint density at radius 1 is 1.12 bits per heavy atom. The molecule has 2 aliphatic rings. The van der Waals surface area contributed by atoms with Crippen molar-refractivity contribution in [2.45, 2.75) is 25.3 Å². The highest BCUT2D eigenvalue weighted by Crippen LogP contribution is 2.45. The molecule has 7 rings (SSSR count). The van der Waals surface area contributed by atoms with Gasteiger partial charge in [-0.05, 0) is 55.7 Å². The number of amides is 1. The van der Waals surface area contributed by atoms with Crippen LogP contribution in [0, 0.1) is 12.7 Å². The molecule has 0 atom stereocenters. The Kier molecular flexibility index (Phi) is 5.77. The van der Waals surface area contributed by atoms with Crippen LogP contribution in [0.2, 0.25) is 0 Å². The average Bonchev–Trinajstić information content (AvgIpc) is 3.57. The summed E-state index contributed by atoms with van der Waals surface area (Å²) < 4.78 is 22.9. The van der Waals surface area contributed by atoms with Gasteiger partial charge in [-0.2, -0.15) is 5.10 Å². The van der Waals surface area contributed by atoms with Crippen LogP contribution < -0.4 is 15.0 Å². The van der Waals surface area contributed by atoms with E-state index in [0.29, 0.717) is 53.6 Å². The molecule has 1 saturated carbocycles. The number of aromatic nitrogens is 6. The van der Waals surface area contributed by atoms with Gasteiger partial charge >= 0.3 is 0 Å². The lowest BCUT2D eigenvalue weighted by Crippen LogP contribution is -2.57. The number of fused-ring (bicyclic) bond motifs is 2. The number of hydrogen-bond acceptors (Lipinski definition) is 9. The Morgan fingerprint density at radius 3 is 2.83 bits per heavy atom. The summed E-state index contributed by atoms with van der Waals surface area (Å²) in [6.45, 7) is 7.44. The molecule has 206 valence electrons. The van der Waals surface area contributed by atoms with Crippen LogP contribution in [-0.4, -0.2) is 65.5 Å². The first-order valence-corrected chi connectivity index (χ1v) is 13.3. The summed E-state index contributed by atoms with van der Waals surface area (Å²) >= 11 is 0. The fraction of sp³-hybridized carbons (Fsp3) is 0.241. The SMILES string of the molecule is C=CC(=O)N1CCN(c2ccc3ncnc(Nc4cc(C)c(Oc5ccn6ncnc6c5)cc4F)c3n2)CC12CC2. The highest BCUT2D eigenvalue weighted by Gasteiger charge is 2.52. The van der Waals surface area contributed by atoms with E-state index in [1.54, 1.807) is 28.9 Å². The van der Waals surface area contributed by atoms with Crippen LogP contribution in [0.3, 0.4) is 0 Å². The van der Waals surface area contributed by atoms with Gasteiger partial charge in [0, 0.05) is 38.0 Å². The van der Waals surface area contributed by atoms with Gasteiger partial charge < -0.3 is 19.9 Å². The second-order valence-electron chi connectivity index (χ2n) is 10.3. The van der Waals surface area contributed by atoms with Crippen LogP contribution in [0.1, 0.15) is 18.4 Å². The van der Waals surface area contributed by atoms with Crippen molar-refractivity contribution in [1.29, 1.82) is 0 Å². The van der Waals surface area contributed by atoms with Crippen LogP contribution in [0.25, 0.3) is 16.7 Å². The summed E-state index contributed by atoms with van der Waals surface area (Å²) in [4.78, 5) is 34.2. The van der Waals surface area contributed by atoms with E-state index in [2.05, 4.69) is 36.8 Å². The van der Waals surface area contributed by atoms with Crippen molar-refractivity contribution in [2.75, 3.05) is 29.9 Å². The molecule has 0 bridgehead atoms. The molecule has 0 unspecified atom stereocenters. The molecular formula is C29H26FN9O2. The van der Waals surface area contributed by atoms with Crippen molar-refractivity contribution < 1.29 is 13.9 Å². The number of aryl methyl sites for hydroxylation is 1. The van der Waals surface area contributed by atoms with E-state index in [0.717, 1.165) is 24.2 Å². The molecule has 1 aliphatic carbocycles. The Morgan fingerprint density at radius 2 is 2.00 bits per heavy atom. The number of ether oxygens (including phenoxy) is 1. The number of carbonyl (C=O) groups is 1. The van der Waals surface area contributed by atoms with E-state index < -0.39 is 5.82 Å². The van der Waals surface area contributed by atoms with Gasteiger partial charge in [0.2, 0.25) is 5.91 Å². The molecule has 4 aromatic heterocycles. The number of hydrogen-bond donors (Lipinski definition) is 1. The number of halogens is 1. The molecule has 1 amide bonds. The lowest BCUT2D eigenvalue weighted by atomic mass is 10.1. The van der Waals surface area contributed by atoms with Gasteiger partial charge in [-0.3, -0.25) is 4.79 Å².